The lowest BCUT2D eigenvalue weighted by molar-refractivity contribution is -0.154. The largest absolute Gasteiger partial charge is 0.481 e. The molecule has 1 aliphatic rings. The van der Waals surface area contributed by atoms with E-state index in [4.69, 9.17) is 0 Å². The average Bonchev–Trinajstić information content (AvgIpc) is 2.59. The van der Waals surface area contributed by atoms with Gasteiger partial charge >= 0.3 is 5.97 Å². The van der Waals surface area contributed by atoms with Crippen molar-refractivity contribution in [3.05, 3.63) is 35.5 Å². The number of carbonyl (C=O) groups is 1. The van der Waals surface area contributed by atoms with E-state index in [1.54, 1.807) is 0 Å². The molecule has 0 aliphatic heterocycles. The molecule has 18 heavy (non-hydrogen) atoms. The second-order valence-electron chi connectivity index (χ2n) is 5.39. The van der Waals surface area contributed by atoms with Crippen LogP contribution in [0, 0.1) is 12.3 Å². The zero-order valence-electron chi connectivity index (χ0n) is 10.5. The summed E-state index contributed by atoms with van der Waals surface area (Å²) in [6, 6.07) is 8.12. The first-order chi connectivity index (χ1) is 8.62. The minimum Gasteiger partial charge on any atom is -0.481 e. The summed E-state index contributed by atoms with van der Waals surface area (Å²) in [5.74, 6) is -0.640. The molecular weight excluding hydrogens is 226 g/mol. The molecule has 1 aliphatic carbocycles. The van der Waals surface area contributed by atoms with Gasteiger partial charge in [0.05, 0.1) is 5.41 Å². The highest BCUT2D eigenvalue weighted by Gasteiger charge is 2.44. The number of carboxylic acids is 1. The number of fused-ring (bicyclic) bond motifs is 1. The molecule has 3 heteroatoms. The van der Waals surface area contributed by atoms with E-state index in [1.807, 2.05) is 25.1 Å². The van der Waals surface area contributed by atoms with E-state index in [1.165, 1.54) is 10.9 Å². The van der Waals surface area contributed by atoms with Crippen molar-refractivity contribution in [3.8, 4) is 0 Å². The van der Waals surface area contributed by atoms with Crippen LogP contribution in [0.5, 0.6) is 0 Å². The smallest absolute Gasteiger partial charge is 0.309 e. The summed E-state index contributed by atoms with van der Waals surface area (Å²) in [6.45, 7) is 2.03. The van der Waals surface area contributed by atoms with E-state index in [9.17, 15) is 9.90 Å². The van der Waals surface area contributed by atoms with Gasteiger partial charge in [-0.3, -0.25) is 4.79 Å². The van der Waals surface area contributed by atoms with Crippen LogP contribution < -0.4 is 0 Å². The molecule has 1 aromatic carbocycles. The fraction of sp³-hybridized carbons (Fsp3) is 0.400. The molecule has 1 fully saturated rings. The maximum atomic E-state index is 11.5. The van der Waals surface area contributed by atoms with Crippen LogP contribution >= 0.6 is 0 Å². The van der Waals surface area contributed by atoms with Crippen molar-refractivity contribution in [1.29, 1.82) is 0 Å². The van der Waals surface area contributed by atoms with Gasteiger partial charge in [-0.2, -0.15) is 0 Å². The predicted molar refractivity (Wildman–Crippen MR) is 70.7 cm³/mol. The van der Waals surface area contributed by atoms with Gasteiger partial charge in [0.1, 0.15) is 0 Å². The van der Waals surface area contributed by atoms with E-state index in [-0.39, 0.29) is 0 Å². The highest BCUT2D eigenvalue weighted by atomic mass is 16.4. The number of aromatic amines is 1. The Kier molecular flexibility index (Phi) is 2.44. The number of para-hydroxylation sites is 1. The first-order valence-electron chi connectivity index (χ1n) is 6.42. The SMILES string of the molecule is Cc1[nH]c2ccccc2c1CC1(C(=O)O)CCC1. The van der Waals surface area contributed by atoms with Crippen LogP contribution in [0.15, 0.2) is 24.3 Å². The highest BCUT2D eigenvalue weighted by Crippen LogP contribution is 2.45. The average molecular weight is 243 g/mol. The number of hydrogen-bond acceptors (Lipinski definition) is 1. The molecule has 0 saturated heterocycles. The number of nitrogens with one attached hydrogen (secondary N) is 1. The predicted octanol–water partition coefficient (Wildman–Crippen LogP) is 3.27. The van der Waals surface area contributed by atoms with E-state index in [0.29, 0.717) is 6.42 Å². The fourth-order valence-corrected chi connectivity index (χ4v) is 2.97. The topological polar surface area (TPSA) is 53.1 Å². The van der Waals surface area contributed by atoms with E-state index < -0.39 is 11.4 Å². The minimum atomic E-state index is -0.640. The molecule has 0 radical (unpaired) electrons. The van der Waals surface area contributed by atoms with Gasteiger partial charge in [0.15, 0.2) is 0 Å². The minimum absolute atomic E-state index is 0.518. The van der Waals surface area contributed by atoms with Gasteiger partial charge in [0.25, 0.3) is 0 Å². The quantitative estimate of drug-likeness (QED) is 0.869. The summed E-state index contributed by atoms with van der Waals surface area (Å²) < 4.78 is 0. The number of aryl methyl sites for hydroxylation is 1. The van der Waals surface area contributed by atoms with Crippen LogP contribution in [0.4, 0.5) is 0 Å². The molecule has 94 valence electrons. The third kappa shape index (κ3) is 1.54. The third-order valence-electron chi connectivity index (χ3n) is 4.31. The summed E-state index contributed by atoms with van der Waals surface area (Å²) >= 11 is 0. The number of aliphatic carboxylic acids is 1. The van der Waals surface area contributed by atoms with Crippen molar-refractivity contribution in [3.63, 3.8) is 0 Å². The van der Waals surface area contributed by atoms with Crippen LogP contribution in [-0.2, 0) is 11.2 Å². The number of aromatic nitrogens is 1. The monoisotopic (exact) mass is 243 g/mol. The maximum absolute atomic E-state index is 11.5. The first kappa shape index (κ1) is 11.3. The summed E-state index contributed by atoms with van der Waals surface area (Å²) in [7, 11) is 0. The van der Waals surface area contributed by atoms with Crippen LogP contribution in [0.2, 0.25) is 0 Å². The molecule has 0 bridgehead atoms. The van der Waals surface area contributed by atoms with Crippen LogP contribution in [0.1, 0.15) is 30.5 Å². The molecule has 2 aromatic rings. The Morgan fingerprint density at radius 3 is 2.72 bits per heavy atom. The number of hydrogen-bond donors (Lipinski definition) is 2. The second-order valence-corrected chi connectivity index (χ2v) is 5.39. The molecule has 0 atom stereocenters. The lowest BCUT2D eigenvalue weighted by Crippen LogP contribution is -2.40. The second kappa shape index (κ2) is 3.87. The molecule has 0 amide bonds. The van der Waals surface area contributed by atoms with Crippen LogP contribution in [0.3, 0.4) is 0 Å². The summed E-state index contributed by atoms with van der Waals surface area (Å²) in [6.07, 6.45) is 3.30. The Labute approximate surface area is 106 Å². The van der Waals surface area contributed by atoms with Crippen molar-refractivity contribution in [1.82, 2.24) is 4.98 Å². The normalized spacial score (nSPS) is 17.6. The Hall–Kier alpha value is -1.77. The fourth-order valence-electron chi connectivity index (χ4n) is 2.97. The van der Waals surface area contributed by atoms with Gasteiger partial charge in [-0.1, -0.05) is 24.6 Å². The Balaban J connectivity index is 2.04. The van der Waals surface area contributed by atoms with Gasteiger partial charge in [-0.05, 0) is 37.8 Å². The van der Waals surface area contributed by atoms with Gasteiger partial charge in [0.2, 0.25) is 0 Å². The molecule has 1 aromatic heterocycles. The first-order valence-corrected chi connectivity index (χ1v) is 6.42. The molecular formula is C15H17NO2. The van der Waals surface area contributed by atoms with Gasteiger partial charge < -0.3 is 10.1 Å². The zero-order chi connectivity index (χ0) is 12.8. The van der Waals surface area contributed by atoms with Crippen molar-refractivity contribution in [2.24, 2.45) is 5.41 Å². The van der Waals surface area contributed by atoms with Crippen molar-refractivity contribution in [2.45, 2.75) is 32.6 Å². The number of benzene rings is 1. The highest BCUT2D eigenvalue weighted by molar-refractivity contribution is 5.86. The molecule has 1 saturated carbocycles. The van der Waals surface area contributed by atoms with Crippen molar-refractivity contribution < 1.29 is 9.90 Å². The molecule has 1 heterocycles. The van der Waals surface area contributed by atoms with E-state index in [0.717, 1.165) is 30.5 Å². The molecule has 0 unspecified atom stereocenters. The number of carboxylic acid groups (broad SMARTS) is 1. The standard InChI is InChI=1S/C15H17NO2/c1-10-12(9-15(14(17)18)7-4-8-15)11-5-2-3-6-13(11)16-10/h2-3,5-6,16H,4,7-9H2,1H3,(H,17,18). The molecule has 0 spiro atoms. The zero-order valence-corrected chi connectivity index (χ0v) is 10.5. The summed E-state index contributed by atoms with van der Waals surface area (Å²) in [4.78, 5) is 14.8. The lowest BCUT2D eigenvalue weighted by atomic mass is 9.65. The van der Waals surface area contributed by atoms with Crippen LogP contribution in [0.25, 0.3) is 10.9 Å². The van der Waals surface area contributed by atoms with Crippen molar-refractivity contribution in [2.75, 3.05) is 0 Å². The van der Waals surface area contributed by atoms with Gasteiger partial charge in [-0.15, -0.1) is 0 Å². The van der Waals surface area contributed by atoms with E-state index in [2.05, 4.69) is 11.1 Å². The van der Waals surface area contributed by atoms with E-state index >= 15 is 0 Å². The Morgan fingerprint density at radius 2 is 2.11 bits per heavy atom. The molecule has 2 N–H and O–H groups in total. The summed E-state index contributed by atoms with van der Waals surface area (Å²) in [5.41, 5.74) is 2.86. The Bertz CT molecular complexity index is 608. The number of rotatable bonds is 3. The van der Waals surface area contributed by atoms with Crippen LogP contribution in [-0.4, -0.2) is 16.1 Å². The molecule has 3 rings (SSSR count). The lowest BCUT2D eigenvalue weighted by Gasteiger charge is -2.37. The molecule has 3 nitrogen and oxygen atoms in total. The van der Waals surface area contributed by atoms with Gasteiger partial charge in [0, 0.05) is 16.6 Å². The van der Waals surface area contributed by atoms with Crippen molar-refractivity contribution >= 4 is 16.9 Å². The Morgan fingerprint density at radius 1 is 1.39 bits per heavy atom. The maximum Gasteiger partial charge on any atom is 0.309 e. The number of H-pyrrole nitrogens is 1. The summed E-state index contributed by atoms with van der Waals surface area (Å²) in [5, 5.41) is 10.6. The van der Waals surface area contributed by atoms with Gasteiger partial charge in [-0.25, -0.2) is 0 Å². The third-order valence-corrected chi connectivity index (χ3v) is 4.31.